The minimum atomic E-state index is -0.326. The van der Waals surface area contributed by atoms with Crippen LogP contribution in [0.5, 0.6) is 11.5 Å². The number of carbonyl (C=O) groups excluding carboxylic acids is 1. The maximum absolute atomic E-state index is 12.7. The Morgan fingerprint density at radius 3 is 2.70 bits per heavy atom. The number of aromatic nitrogens is 2. The number of amides is 1. The summed E-state index contributed by atoms with van der Waals surface area (Å²) in [7, 11) is 0. The van der Waals surface area contributed by atoms with E-state index in [-0.39, 0.29) is 30.2 Å². The van der Waals surface area contributed by atoms with Crippen LogP contribution in [0.15, 0.2) is 27.8 Å². The highest BCUT2D eigenvalue weighted by Gasteiger charge is 2.30. The van der Waals surface area contributed by atoms with Crippen molar-refractivity contribution in [1.82, 2.24) is 15.1 Å². The number of thioether (sulfide) groups is 1. The monoisotopic (exact) mass is 391 g/mol. The average Bonchev–Trinajstić information content (AvgIpc) is 3.28. The third kappa shape index (κ3) is 3.89. The van der Waals surface area contributed by atoms with Crippen molar-refractivity contribution in [1.29, 1.82) is 0 Å². The number of hydrogen-bond acceptors (Lipinski definition) is 8. The van der Waals surface area contributed by atoms with E-state index in [1.165, 1.54) is 11.8 Å². The summed E-state index contributed by atoms with van der Waals surface area (Å²) in [6.45, 7) is 7.21. The molecule has 4 rings (SSSR count). The quantitative estimate of drug-likeness (QED) is 0.735. The molecular weight excluding hydrogens is 370 g/mol. The Bertz CT molecular complexity index is 832. The lowest BCUT2D eigenvalue weighted by molar-refractivity contribution is -0.142. The lowest BCUT2D eigenvalue weighted by Gasteiger charge is -2.36. The first-order valence-electron chi connectivity index (χ1n) is 8.84. The molecule has 0 aliphatic carbocycles. The fraction of sp³-hybridized carbons (Fsp3) is 0.500. The molecule has 27 heavy (non-hydrogen) atoms. The van der Waals surface area contributed by atoms with Crippen LogP contribution in [0, 0.1) is 0 Å². The zero-order valence-corrected chi connectivity index (χ0v) is 16.2. The van der Waals surface area contributed by atoms with E-state index in [1.807, 2.05) is 37.8 Å². The molecule has 1 amide bonds. The van der Waals surface area contributed by atoms with Gasteiger partial charge in [0.25, 0.3) is 5.22 Å². The van der Waals surface area contributed by atoms with Crippen molar-refractivity contribution in [3.63, 3.8) is 0 Å². The van der Waals surface area contributed by atoms with Crippen LogP contribution in [0.3, 0.4) is 0 Å². The van der Waals surface area contributed by atoms with E-state index in [9.17, 15) is 4.79 Å². The molecule has 3 atom stereocenters. The van der Waals surface area contributed by atoms with Crippen molar-refractivity contribution >= 4 is 17.7 Å². The summed E-state index contributed by atoms with van der Waals surface area (Å²) in [6, 6.07) is 5.44. The lowest BCUT2D eigenvalue weighted by atomic mass is 10.2. The van der Waals surface area contributed by atoms with E-state index in [0.717, 1.165) is 5.56 Å². The van der Waals surface area contributed by atoms with Crippen molar-refractivity contribution in [2.24, 2.45) is 0 Å². The van der Waals surface area contributed by atoms with Crippen LogP contribution in [-0.4, -0.2) is 58.3 Å². The van der Waals surface area contributed by atoms with E-state index >= 15 is 0 Å². The molecule has 1 saturated heterocycles. The van der Waals surface area contributed by atoms with E-state index in [4.69, 9.17) is 18.6 Å². The lowest BCUT2D eigenvalue weighted by Crippen LogP contribution is -2.50. The molecule has 1 aromatic carbocycles. The fourth-order valence-electron chi connectivity index (χ4n) is 3.22. The molecule has 8 nitrogen and oxygen atoms in total. The molecule has 2 aromatic rings. The van der Waals surface area contributed by atoms with Crippen LogP contribution in [0.25, 0.3) is 11.5 Å². The van der Waals surface area contributed by atoms with Gasteiger partial charge in [0, 0.05) is 18.7 Å². The molecule has 9 heteroatoms. The van der Waals surface area contributed by atoms with Crippen LogP contribution in [-0.2, 0) is 9.53 Å². The first-order chi connectivity index (χ1) is 13.0. The highest BCUT2D eigenvalue weighted by molar-refractivity contribution is 8.00. The second-order valence-electron chi connectivity index (χ2n) is 6.70. The predicted octanol–water partition coefficient (Wildman–Crippen LogP) is 2.58. The average molecular weight is 391 g/mol. The molecule has 0 saturated carbocycles. The number of hydrogen-bond donors (Lipinski definition) is 0. The van der Waals surface area contributed by atoms with Crippen molar-refractivity contribution in [3.05, 3.63) is 18.2 Å². The van der Waals surface area contributed by atoms with E-state index in [1.54, 1.807) is 6.07 Å². The van der Waals surface area contributed by atoms with Gasteiger partial charge in [0.2, 0.25) is 18.6 Å². The van der Waals surface area contributed by atoms with Gasteiger partial charge in [0.1, 0.15) is 0 Å². The van der Waals surface area contributed by atoms with Crippen LogP contribution >= 0.6 is 11.8 Å². The third-order valence-corrected chi connectivity index (χ3v) is 5.30. The van der Waals surface area contributed by atoms with E-state index < -0.39 is 0 Å². The van der Waals surface area contributed by atoms with Crippen LogP contribution < -0.4 is 9.47 Å². The summed E-state index contributed by atoms with van der Waals surface area (Å²) in [5.41, 5.74) is 0.744. The first-order valence-corrected chi connectivity index (χ1v) is 9.72. The van der Waals surface area contributed by atoms with Gasteiger partial charge in [0.05, 0.1) is 17.5 Å². The van der Waals surface area contributed by atoms with Crippen LogP contribution in [0.1, 0.15) is 20.8 Å². The van der Waals surface area contributed by atoms with Crippen molar-refractivity contribution < 1.29 is 23.4 Å². The van der Waals surface area contributed by atoms with Crippen molar-refractivity contribution in [2.75, 3.05) is 19.9 Å². The highest BCUT2D eigenvalue weighted by Crippen LogP contribution is 2.36. The number of rotatable bonds is 4. The van der Waals surface area contributed by atoms with Crippen molar-refractivity contribution in [2.45, 2.75) is 43.5 Å². The molecule has 1 fully saturated rings. The van der Waals surface area contributed by atoms with Crippen LogP contribution in [0.4, 0.5) is 0 Å². The molecule has 2 aliphatic heterocycles. The Morgan fingerprint density at radius 2 is 1.93 bits per heavy atom. The molecule has 2 aliphatic rings. The molecule has 0 unspecified atom stereocenters. The van der Waals surface area contributed by atoms with Gasteiger partial charge in [-0.1, -0.05) is 11.8 Å². The minimum absolute atomic E-state index is 0.0379. The molecule has 0 radical (unpaired) electrons. The zero-order valence-electron chi connectivity index (χ0n) is 15.4. The third-order valence-electron chi connectivity index (χ3n) is 4.38. The normalized spacial score (nSPS) is 22.7. The fourth-order valence-corrected chi connectivity index (χ4v) is 3.99. The number of nitrogens with zero attached hydrogens (tertiary/aromatic N) is 3. The Labute approximate surface area is 161 Å². The summed E-state index contributed by atoms with van der Waals surface area (Å²) < 4.78 is 22.1. The molecule has 1 aromatic heterocycles. The SMILES string of the molecule is C[C@H]1CN(C(=O)[C@@H](C)Sc2nnc(-c3ccc4c(c3)OCO4)o2)C[C@H](C)O1. The maximum Gasteiger partial charge on any atom is 0.277 e. The summed E-state index contributed by atoms with van der Waals surface area (Å²) in [5, 5.41) is 8.18. The van der Waals surface area contributed by atoms with E-state index in [2.05, 4.69) is 10.2 Å². The van der Waals surface area contributed by atoms with Gasteiger partial charge in [-0.3, -0.25) is 4.79 Å². The van der Waals surface area contributed by atoms with E-state index in [0.29, 0.717) is 35.7 Å². The highest BCUT2D eigenvalue weighted by atomic mass is 32.2. The minimum Gasteiger partial charge on any atom is -0.454 e. The summed E-state index contributed by atoms with van der Waals surface area (Å²) in [5.74, 6) is 1.77. The van der Waals surface area contributed by atoms with Gasteiger partial charge in [0.15, 0.2) is 11.5 Å². The Morgan fingerprint density at radius 1 is 1.19 bits per heavy atom. The van der Waals surface area contributed by atoms with Gasteiger partial charge >= 0.3 is 0 Å². The summed E-state index contributed by atoms with van der Waals surface area (Å²) in [6.07, 6.45) is 0.0758. The number of ether oxygens (including phenoxy) is 3. The summed E-state index contributed by atoms with van der Waals surface area (Å²) in [4.78, 5) is 14.6. The number of fused-ring (bicyclic) bond motifs is 1. The molecule has 3 heterocycles. The zero-order chi connectivity index (χ0) is 19.0. The Balaban J connectivity index is 1.42. The summed E-state index contributed by atoms with van der Waals surface area (Å²) >= 11 is 1.26. The molecule has 0 spiro atoms. The Kier molecular flexibility index (Phi) is 4.96. The number of benzene rings is 1. The van der Waals surface area contributed by atoms with Gasteiger partial charge in [-0.25, -0.2) is 0 Å². The van der Waals surface area contributed by atoms with Gasteiger partial charge in [-0.15, -0.1) is 10.2 Å². The first kappa shape index (κ1) is 18.1. The molecule has 144 valence electrons. The smallest absolute Gasteiger partial charge is 0.277 e. The van der Waals surface area contributed by atoms with Gasteiger partial charge < -0.3 is 23.5 Å². The van der Waals surface area contributed by atoms with Gasteiger partial charge in [-0.05, 0) is 39.0 Å². The van der Waals surface area contributed by atoms with Gasteiger partial charge in [-0.2, -0.15) is 0 Å². The maximum atomic E-state index is 12.7. The Hall–Kier alpha value is -2.26. The largest absolute Gasteiger partial charge is 0.454 e. The topological polar surface area (TPSA) is 86.9 Å². The molecule has 0 N–H and O–H groups in total. The standard InChI is InChI=1S/C18H21N3O5S/c1-10-7-21(8-11(2)25-10)17(22)12(3)27-18-20-19-16(26-18)13-4-5-14-15(6-13)24-9-23-14/h4-6,10-12H,7-9H2,1-3H3/t10-,11-,12+/m0/s1. The number of carbonyl (C=O) groups is 1. The van der Waals surface area contributed by atoms with Crippen molar-refractivity contribution in [3.8, 4) is 23.0 Å². The van der Waals surface area contributed by atoms with Crippen LogP contribution in [0.2, 0.25) is 0 Å². The predicted molar refractivity (Wildman–Crippen MR) is 97.8 cm³/mol. The molecule has 0 bridgehead atoms. The number of morpholine rings is 1. The molecular formula is C18H21N3O5S. The second-order valence-corrected chi connectivity index (χ2v) is 7.99. The second kappa shape index (κ2) is 7.40.